The number of carbonyl (C=O) groups excluding carboxylic acids is 1. The molecule has 1 aromatic rings. The molecular weight excluding hydrogens is 270 g/mol. The zero-order chi connectivity index (χ0) is 14.5. The van der Waals surface area contributed by atoms with Gasteiger partial charge in [-0.3, -0.25) is 15.6 Å². The van der Waals surface area contributed by atoms with E-state index >= 15 is 0 Å². The Kier molecular flexibility index (Phi) is 5.46. The highest BCUT2D eigenvalue weighted by Gasteiger charge is 2.29. The minimum atomic E-state index is 0.0224. The lowest BCUT2D eigenvalue weighted by Gasteiger charge is -2.18. The van der Waals surface area contributed by atoms with Crippen LogP contribution in [0.2, 0.25) is 0 Å². The summed E-state index contributed by atoms with van der Waals surface area (Å²) in [7, 11) is 0. The molecule has 1 aliphatic rings. The second-order valence-corrected chi connectivity index (χ2v) is 6.12. The van der Waals surface area contributed by atoms with Crippen molar-refractivity contribution in [3.8, 4) is 0 Å². The minimum Gasteiger partial charge on any atom is -0.352 e. The van der Waals surface area contributed by atoms with Crippen LogP contribution >= 0.6 is 11.8 Å². The van der Waals surface area contributed by atoms with Gasteiger partial charge in [0.1, 0.15) is 0 Å². The quantitative estimate of drug-likeness (QED) is 0.727. The smallest absolute Gasteiger partial charge is 0.252 e. The van der Waals surface area contributed by atoms with Crippen molar-refractivity contribution in [1.29, 1.82) is 0 Å². The molecule has 2 unspecified atom stereocenters. The number of rotatable bonds is 5. The van der Waals surface area contributed by atoms with E-state index in [1.54, 1.807) is 11.8 Å². The first-order chi connectivity index (χ1) is 9.63. The van der Waals surface area contributed by atoms with Crippen LogP contribution in [0.3, 0.4) is 0 Å². The SMILES string of the molecule is CSc1ccccc1C(=O)NCCC1C(C)NNC1C. The van der Waals surface area contributed by atoms with Crippen molar-refractivity contribution in [2.45, 2.75) is 37.2 Å². The Labute approximate surface area is 125 Å². The van der Waals surface area contributed by atoms with Gasteiger partial charge in [0.2, 0.25) is 0 Å². The Hall–Kier alpha value is -1.04. The monoisotopic (exact) mass is 293 g/mol. The van der Waals surface area contributed by atoms with Crippen LogP contribution in [0.15, 0.2) is 29.2 Å². The lowest BCUT2D eigenvalue weighted by atomic mass is 9.93. The summed E-state index contributed by atoms with van der Waals surface area (Å²) in [6, 6.07) is 8.62. The molecule has 1 saturated heterocycles. The van der Waals surface area contributed by atoms with Crippen LogP contribution in [0.5, 0.6) is 0 Å². The van der Waals surface area contributed by atoms with Crippen molar-refractivity contribution < 1.29 is 4.79 Å². The molecule has 0 saturated carbocycles. The number of hydrogen-bond donors (Lipinski definition) is 3. The molecular formula is C15H23N3OS. The Morgan fingerprint density at radius 3 is 2.55 bits per heavy atom. The number of hydrogen-bond acceptors (Lipinski definition) is 4. The third kappa shape index (κ3) is 3.53. The number of thioether (sulfide) groups is 1. The predicted octanol–water partition coefficient (Wildman–Crippen LogP) is 2.03. The Balaban J connectivity index is 1.86. The van der Waals surface area contributed by atoms with Gasteiger partial charge in [-0.1, -0.05) is 12.1 Å². The van der Waals surface area contributed by atoms with E-state index in [4.69, 9.17) is 0 Å². The molecule has 0 aliphatic carbocycles. The molecule has 2 atom stereocenters. The van der Waals surface area contributed by atoms with E-state index < -0.39 is 0 Å². The van der Waals surface area contributed by atoms with Crippen molar-refractivity contribution in [1.82, 2.24) is 16.2 Å². The molecule has 5 heteroatoms. The van der Waals surface area contributed by atoms with E-state index in [1.165, 1.54) is 0 Å². The van der Waals surface area contributed by atoms with Gasteiger partial charge in [0.25, 0.3) is 5.91 Å². The second kappa shape index (κ2) is 7.11. The third-order valence-corrected chi connectivity index (χ3v) is 4.73. The molecule has 3 N–H and O–H groups in total. The van der Waals surface area contributed by atoms with E-state index in [2.05, 4.69) is 30.0 Å². The largest absolute Gasteiger partial charge is 0.352 e. The number of carbonyl (C=O) groups is 1. The fourth-order valence-corrected chi connectivity index (χ4v) is 3.29. The molecule has 2 rings (SSSR count). The maximum Gasteiger partial charge on any atom is 0.252 e. The third-order valence-electron chi connectivity index (χ3n) is 3.94. The van der Waals surface area contributed by atoms with Gasteiger partial charge in [0.15, 0.2) is 0 Å². The van der Waals surface area contributed by atoms with E-state index in [-0.39, 0.29) is 5.91 Å². The predicted molar refractivity (Wildman–Crippen MR) is 83.9 cm³/mol. The molecule has 0 spiro atoms. The Bertz CT molecular complexity index is 456. The summed E-state index contributed by atoms with van der Waals surface area (Å²) >= 11 is 1.60. The lowest BCUT2D eigenvalue weighted by Crippen LogP contribution is -2.31. The highest BCUT2D eigenvalue weighted by atomic mass is 32.2. The summed E-state index contributed by atoms with van der Waals surface area (Å²) in [5.41, 5.74) is 7.25. The summed E-state index contributed by atoms with van der Waals surface area (Å²) in [6.07, 6.45) is 2.97. The number of nitrogens with one attached hydrogen (secondary N) is 3. The van der Waals surface area contributed by atoms with Crippen LogP contribution in [-0.4, -0.2) is 30.8 Å². The van der Waals surface area contributed by atoms with Gasteiger partial charge in [-0.2, -0.15) is 0 Å². The maximum atomic E-state index is 12.2. The molecule has 0 bridgehead atoms. The zero-order valence-electron chi connectivity index (χ0n) is 12.3. The van der Waals surface area contributed by atoms with E-state index in [0.717, 1.165) is 16.9 Å². The summed E-state index contributed by atoms with van der Waals surface area (Å²) in [6.45, 7) is 5.06. The molecule has 1 heterocycles. The minimum absolute atomic E-state index is 0.0224. The first kappa shape index (κ1) is 15.4. The fraction of sp³-hybridized carbons (Fsp3) is 0.533. The van der Waals surface area contributed by atoms with Gasteiger partial charge in [0, 0.05) is 23.5 Å². The Morgan fingerprint density at radius 2 is 1.90 bits per heavy atom. The topological polar surface area (TPSA) is 53.2 Å². The average molecular weight is 293 g/mol. The van der Waals surface area contributed by atoms with Gasteiger partial charge in [-0.05, 0) is 44.6 Å². The first-order valence-corrected chi connectivity index (χ1v) is 8.28. The van der Waals surface area contributed by atoms with Crippen LogP contribution in [0, 0.1) is 5.92 Å². The van der Waals surface area contributed by atoms with Gasteiger partial charge in [-0.15, -0.1) is 11.8 Å². The summed E-state index contributed by atoms with van der Waals surface area (Å²) in [5, 5.41) is 3.03. The number of benzene rings is 1. The van der Waals surface area contributed by atoms with Crippen LogP contribution in [0.25, 0.3) is 0 Å². The van der Waals surface area contributed by atoms with Crippen molar-refractivity contribution >= 4 is 17.7 Å². The van der Waals surface area contributed by atoms with Gasteiger partial charge >= 0.3 is 0 Å². The highest BCUT2D eigenvalue weighted by molar-refractivity contribution is 7.98. The van der Waals surface area contributed by atoms with E-state index in [1.807, 2.05) is 30.5 Å². The van der Waals surface area contributed by atoms with Gasteiger partial charge in [-0.25, -0.2) is 0 Å². The molecule has 0 radical (unpaired) electrons. The van der Waals surface area contributed by atoms with Crippen molar-refractivity contribution in [3.05, 3.63) is 29.8 Å². The first-order valence-electron chi connectivity index (χ1n) is 7.05. The van der Waals surface area contributed by atoms with Crippen molar-refractivity contribution in [2.75, 3.05) is 12.8 Å². The lowest BCUT2D eigenvalue weighted by molar-refractivity contribution is 0.0947. The van der Waals surface area contributed by atoms with Crippen molar-refractivity contribution in [3.63, 3.8) is 0 Å². The van der Waals surface area contributed by atoms with Crippen LogP contribution in [-0.2, 0) is 0 Å². The van der Waals surface area contributed by atoms with Crippen molar-refractivity contribution in [2.24, 2.45) is 5.92 Å². The number of hydrazine groups is 1. The summed E-state index contributed by atoms with van der Waals surface area (Å²) in [4.78, 5) is 13.2. The average Bonchev–Trinajstić information content (AvgIpc) is 2.78. The standard InChI is InChI=1S/C15H23N3OS/c1-10-12(11(2)18-17-10)8-9-16-15(19)13-6-4-5-7-14(13)20-3/h4-7,10-12,17-18H,8-9H2,1-3H3,(H,16,19). The normalized spacial score (nSPS) is 25.6. The Morgan fingerprint density at radius 1 is 1.25 bits per heavy atom. The van der Waals surface area contributed by atoms with E-state index in [9.17, 15) is 4.79 Å². The molecule has 1 aliphatic heterocycles. The number of amides is 1. The molecule has 4 nitrogen and oxygen atoms in total. The van der Waals surface area contributed by atoms with E-state index in [0.29, 0.717) is 24.5 Å². The maximum absolute atomic E-state index is 12.2. The molecule has 0 aromatic heterocycles. The molecule has 20 heavy (non-hydrogen) atoms. The van der Waals surface area contributed by atoms with Crippen LogP contribution in [0.1, 0.15) is 30.6 Å². The van der Waals surface area contributed by atoms with Gasteiger partial charge in [0.05, 0.1) is 5.56 Å². The van der Waals surface area contributed by atoms with Crippen LogP contribution in [0.4, 0.5) is 0 Å². The fourth-order valence-electron chi connectivity index (χ4n) is 2.69. The highest BCUT2D eigenvalue weighted by Crippen LogP contribution is 2.20. The zero-order valence-corrected chi connectivity index (χ0v) is 13.1. The summed E-state index contributed by atoms with van der Waals surface area (Å²) < 4.78 is 0. The summed E-state index contributed by atoms with van der Waals surface area (Å²) in [5.74, 6) is 0.570. The van der Waals surface area contributed by atoms with Crippen LogP contribution < -0.4 is 16.2 Å². The second-order valence-electron chi connectivity index (χ2n) is 5.27. The molecule has 1 aromatic carbocycles. The molecule has 110 valence electrons. The molecule has 1 amide bonds. The molecule has 1 fully saturated rings. The van der Waals surface area contributed by atoms with Gasteiger partial charge < -0.3 is 5.32 Å².